The van der Waals surface area contributed by atoms with Crippen LogP contribution in [-0.2, 0) is 17.1 Å². The van der Waals surface area contributed by atoms with Crippen LogP contribution in [0.2, 0.25) is 0 Å². The monoisotopic (exact) mass is 348 g/mol. The molecule has 104 valence electrons. The smallest absolute Gasteiger partial charge is 0.263 e. The van der Waals surface area contributed by atoms with Crippen LogP contribution in [-0.4, -0.2) is 65.3 Å². The Labute approximate surface area is 119 Å². The van der Waals surface area contributed by atoms with Gasteiger partial charge in [0.1, 0.15) is 0 Å². The molecule has 1 aromatic rings. The van der Waals surface area contributed by atoms with Crippen LogP contribution >= 0.6 is 15.9 Å². The van der Waals surface area contributed by atoms with E-state index in [2.05, 4.69) is 32.3 Å². The molecule has 0 aromatic carbocycles. The maximum Gasteiger partial charge on any atom is 0.263 e. The Hall–Kier alpha value is -1.02. The number of nitriles is 1. The highest BCUT2D eigenvalue weighted by atomic mass is 79.9. The number of aryl methyl sites for hydroxylation is 1. The molecule has 0 bridgehead atoms. The second-order valence-corrected chi connectivity index (χ2v) is 6.75. The first-order chi connectivity index (χ1) is 8.96. The normalized spacial score (nSPS) is 18.4. The standard InChI is InChI=1S/C9H13BrN6O2S/c1-14-9(8(10)12-13-14)19(17,18)16-6-4-15(3-2-11)5-7-16/h3-7H2,1H3. The van der Waals surface area contributed by atoms with Crippen LogP contribution in [0.1, 0.15) is 0 Å². The molecule has 1 aromatic heterocycles. The molecular weight excluding hydrogens is 336 g/mol. The molecule has 1 saturated heterocycles. The Morgan fingerprint density at radius 1 is 1.37 bits per heavy atom. The second kappa shape index (κ2) is 5.54. The number of hydrogen-bond donors (Lipinski definition) is 0. The van der Waals surface area contributed by atoms with E-state index in [1.54, 1.807) is 0 Å². The summed E-state index contributed by atoms with van der Waals surface area (Å²) in [6, 6.07) is 2.06. The van der Waals surface area contributed by atoms with E-state index < -0.39 is 10.0 Å². The third-order valence-electron chi connectivity index (χ3n) is 2.95. The molecule has 2 heterocycles. The van der Waals surface area contributed by atoms with Gasteiger partial charge in [-0.2, -0.15) is 9.57 Å². The number of sulfonamides is 1. The average molecular weight is 349 g/mol. The number of rotatable bonds is 3. The maximum absolute atomic E-state index is 12.5. The zero-order chi connectivity index (χ0) is 14.0. The maximum atomic E-state index is 12.5. The Kier molecular flexibility index (Phi) is 4.19. The molecule has 0 amide bonds. The van der Waals surface area contributed by atoms with E-state index in [1.807, 2.05) is 4.90 Å². The Bertz CT molecular complexity index is 579. The Morgan fingerprint density at radius 2 is 2.00 bits per heavy atom. The van der Waals surface area contributed by atoms with Crippen molar-refractivity contribution in [2.24, 2.45) is 7.05 Å². The van der Waals surface area contributed by atoms with Crippen molar-refractivity contribution in [2.75, 3.05) is 32.7 Å². The van der Waals surface area contributed by atoms with Crippen LogP contribution in [0.15, 0.2) is 9.63 Å². The predicted octanol–water partition coefficient (Wildman–Crippen LogP) is -0.593. The van der Waals surface area contributed by atoms with Crippen molar-refractivity contribution in [1.29, 1.82) is 5.26 Å². The van der Waals surface area contributed by atoms with Crippen molar-refractivity contribution in [2.45, 2.75) is 5.03 Å². The molecule has 0 unspecified atom stereocenters. The van der Waals surface area contributed by atoms with E-state index in [0.29, 0.717) is 32.7 Å². The number of nitrogens with zero attached hydrogens (tertiary/aromatic N) is 6. The zero-order valence-electron chi connectivity index (χ0n) is 10.3. The van der Waals surface area contributed by atoms with Crippen LogP contribution in [0.3, 0.4) is 0 Å². The first kappa shape index (κ1) is 14.4. The van der Waals surface area contributed by atoms with Crippen molar-refractivity contribution < 1.29 is 8.42 Å². The predicted molar refractivity (Wildman–Crippen MR) is 69.5 cm³/mol. The van der Waals surface area contributed by atoms with Gasteiger partial charge in [0.25, 0.3) is 10.0 Å². The van der Waals surface area contributed by atoms with Crippen LogP contribution in [0.25, 0.3) is 0 Å². The highest BCUT2D eigenvalue weighted by molar-refractivity contribution is 9.10. The van der Waals surface area contributed by atoms with Crippen molar-refractivity contribution in [3.8, 4) is 6.07 Å². The van der Waals surface area contributed by atoms with Crippen LogP contribution in [0, 0.1) is 11.3 Å². The summed E-state index contributed by atoms with van der Waals surface area (Å²) in [5, 5.41) is 16.0. The molecule has 0 radical (unpaired) electrons. The summed E-state index contributed by atoms with van der Waals surface area (Å²) in [6.07, 6.45) is 0. The fraction of sp³-hybridized carbons (Fsp3) is 0.667. The van der Waals surface area contributed by atoms with Gasteiger partial charge in [-0.15, -0.1) is 5.10 Å². The SMILES string of the molecule is Cn1nnc(Br)c1S(=O)(=O)N1CCN(CC#N)CC1. The highest BCUT2D eigenvalue weighted by Crippen LogP contribution is 2.22. The van der Waals surface area contributed by atoms with Crippen molar-refractivity contribution in [3.63, 3.8) is 0 Å². The van der Waals surface area contributed by atoms with E-state index in [4.69, 9.17) is 5.26 Å². The molecule has 10 heteroatoms. The summed E-state index contributed by atoms with van der Waals surface area (Å²) >= 11 is 3.10. The van der Waals surface area contributed by atoms with Crippen molar-refractivity contribution in [1.82, 2.24) is 24.2 Å². The summed E-state index contributed by atoms with van der Waals surface area (Å²) in [5.41, 5.74) is 0. The topological polar surface area (TPSA) is 95.1 Å². The van der Waals surface area contributed by atoms with Crippen LogP contribution < -0.4 is 0 Å². The first-order valence-electron chi connectivity index (χ1n) is 5.61. The van der Waals surface area contributed by atoms with Crippen LogP contribution in [0.5, 0.6) is 0 Å². The summed E-state index contributed by atoms with van der Waals surface area (Å²) in [7, 11) is -2.07. The lowest BCUT2D eigenvalue weighted by molar-refractivity contribution is 0.205. The first-order valence-corrected chi connectivity index (χ1v) is 7.84. The van der Waals surface area contributed by atoms with Gasteiger partial charge in [0.2, 0.25) is 5.03 Å². The van der Waals surface area contributed by atoms with Gasteiger partial charge in [0.15, 0.2) is 4.60 Å². The van der Waals surface area contributed by atoms with Crippen molar-refractivity contribution >= 4 is 26.0 Å². The molecule has 8 nitrogen and oxygen atoms in total. The summed E-state index contributed by atoms with van der Waals surface area (Å²) in [5.74, 6) is 0. The third-order valence-corrected chi connectivity index (χ3v) is 5.73. The van der Waals surface area contributed by atoms with Gasteiger partial charge in [0, 0.05) is 33.2 Å². The van der Waals surface area contributed by atoms with Crippen LogP contribution in [0.4, 0.5) is 0 Å². The minimum absolute atomic E-state index is 0.0567. The van der Waals surface area contributed by atoms with Gasteiger partial charge in [0.05, 0.1) is 12.6 Å². The molecule has 0 spiro atoms. The van der Waals surface area contributed by atoms with Gasteiger partial charge in [-0.25, -0.2) is 13.1 Å². The second-order valence-electron chi connectivity index (χ2n) is 4.15. The van der Waals surface area contributed by atoms with E-state index in [9.17, 15) is 8.42 Å². The number of piperazine rings is 1. The molecule has 0 aliphatic carbocycles. The van der Waals surface area contributed by atoms with Gasteiger partial charge in [-0.3, -0.25) is 4.90 Å². The Morgan fingerprint density at radius 3 is 2.47 bits per heavy atom. The molecule has 1 fully saturated rings. The summed E-state index contributed by atoms with van der Waals surface area (Å²) in [6.45, 7) is 2.15. The quantitative estimate of drug-likeness (QED) is 0.677. The summed E-state index contributed by atoms with van der Waals surface area (Å²) < 4.78 is 27.8. The third kappa shape index (κ3) is 2.79. The molecule has 0 atom stereocenters. The van der Waals surface area contributed by atoms with E-state index >= 15 is 0 Å². The number of hydrogen-bond acceptors (Lipinski definition) is 6. The molecule has 0 N–H and O–H groups in total. The lowest BCUT2D eigenvalue weighted by Crippen LogP contribution is -2.48. The fourth-order valence-electron chi connectivity index (χ4n) is 1.95. The minimum Gasteiger partial charge on any atom is -0.288 e. The van der Waals surface area contributed by atoms with Gasteiger partial charge >= 0.3 is 0 Å². The van der Waals surface area contributed by atoms with Crippen molar-refractivity contribution in [3.05, 3.63) is 4.60 Å². The van der Waals surface area contributed by atoms with Gasteiger partial charge < -0.3 is 0 Å². The van der Waals surface area contributed by atoms with Gasteiger partial charge in [-0.05, 0) is 15.9 Å². The molecule has 2 rings (SSSR count). The molecule has 0 saturated carbocycles. The molecular formula is C9H13BrN6O2S. The van der Waals surface area contributed by atoms with E-state index in [1.165, 1.54) is 16.0 Å². The zero-order valence-corrected chi connectivity index (χ0v) is 12.7. The molecule has 1 aliphatic heterocycles. The van der Waals surface area contributed by atoms with E-state index in [0.717, 1.165) is 0 Å². The largest absolute Gasteiger partial charge is 0.288 e. The van der Waals surface area contributed by atoms with Gasteiger partial charge in [-0.1, -0.05) is 5.21 Å². The molecule has 19 heavy (non-hydrogen) atoms. The lowest BCUT2D eigenvalue weighted by Gasteiger charge is -2.32. The Balaban J connectivity index is 2.17. The fourth-order valence-corrected chi connectivity index (χ4v) is 4.40. The van der Waals surface area contributed by atoms with E-state index in [-0.39, 0.29) is 9.63 Å². The summed E-state index contributed by atoms with van der Waals surface area (Å²) in [4.78, 5) is 1.92. The minimum atomic E-state index is -3.60. The average Bonchev–Trinajstić information content (AvgIpc) is 2.70. The molecule has 1 aliphatic rings. The number of halogens is 1. The number of aromatic nitrogens is 3. The lowest BCUT2D eigenvalue weighted by atomic mass is 10.4. The highest BCUT2D eigenvalue weighted by Gasteiger charge is 2.33.